The van der Waals surface area contributed by atoms with Crippen LogP contribution in [0.2, 0.25) is 0 Å². The first-order chi connectivity index (χ1) is 21.6. The van der Waals surface area contributed by atoms with E-state index in [1.54, 1.807) is 22.8 Å². The molecule has 218 valence electrons. The standard InChI is InChI=1S/C37H31O2P3S2/c38-41(31-19-7-1-8-20-31,32-21-9-2-10-22-32)37(42(39,33-23-11-3-12-24-33)34-25-13-4-14-26-34)40(43-35-27-15-5-16-28-35)44-36-29-17-6-18-30-36/h1-30,37H/p+1. The molecule has 0 aromatic heterocycles. The number of hydrogen-bond donors (Lipinski definition) is 0. The minimum Gasteiger partial charge on any atom is -0.309 e. The van der Waals surface area contributed by atoms with Crippen LogP contribution in [0.15, 0.2) is 192 Å². The Kier molecular flexibility index (Phi) is 10.1. The Bertz CT molecular complexity index is 1630. The first-order valence-corrected chi connectivity index (χ1v) is 22.6. The van der Waals surface area contributed by atoms with Gasteiger partial charge in [0.15, 0.2) is 14.3 Å². The van der Waals surface area contributed by atoms with Crippen LogP contribution in [-0.2, 0) is 9.13 Å². The molecule has 0 aliphatic rings. The zero-order valence-corrected chi connectivity index (χ0v) is 28.3. The second-order valence-electron chi connectivity index (χ2n) is 10.2. The Morgan fingerprint density at radius 3 is 0.841 bits per heavy atom. The summed E-state index contributed by atoms with van der Waals surface area (Å²) >= 11 is 3.49. The van der Waals surface area contributed by atoms with Crippen molar-refractivity contribution in [2.45, 2.75) is 14.9 Å². The van der Waals surface area contributed by atoms with Gasteiger partial charge in [-0.25, -0.2) is 0 Å². The Labute approximate surface area is 269 Å². The van der Waals surface area contributed by atoms with E-state index >= 15 is 9.13 Å². The van der Waals surface area contributed by atoms with Gasteiger partial charge in [-0.05, 0) is 24.3 Å². The van der Waals surface area contributed by atoms with E-state index in [0.29, 0.717) is 0 Å². The second kappa shape index (κ2) is 14.3. The van der Waals surface area contributed by atoms with Crippen LogP contribution in [-0.4, -0.2) is 5.14 Å². The molecule has 44 heavy (non-hydrogen) atoms. The monoisotopic (exact) mass is 665 g/mol. The van der Waals surface area contributed by atoms with Crippen LogP contribution >= 0.6 is 43.4 Å². The fourth-order valence-electron chi connectivity index (χ4n) is 5.32. The van der Waals surface area contributed by atoms with Crippen molar-refractivity contribution < 1.29 is 9.13 Å². The van der Waals surface area contributed by atoms with Crippen molar-refractivity contribution in [3.05, 3.63) is 182 Å². The van der Waals surface area contributed by atoms with Gasteiger partial charge < -0.3 is 9.13 Å². The number of hydrogen-bond acceptors (Lipinski definition) is 4. The molecule has 0 spiro atoms. The molecule has 0 aliphatic heterocycles. The lowest BCUT2D eigenvalue weighted by atomic mass is 10.4. The molecule has 0 aliphatic carbocycles. The predicted octanol–water partition coefficient (Wildman–Crippen LogP) is 9.93. The van der Waals surface area contributed by atoms with Crippen molar-refractivity contribution in [1.29, 1.82) is 0 Å². The highest BCUT2D eigenvalue weighted by atomic mass is 33.1. The summed E-state index contributed by atoms with van der Waals surface area (Å²) < 4.78 is 33.1. The maximum Gasteiger partial charge on any atom is 0.207 e. The highest BCUT2D eigenvalue weighted by Gasteiger charge is 2.59. The molecule has 0 saturated heterocycles. The van der Waals surface area contributed by atoms with Gasteiger partial charge in [0, 0.05) is 31.0 Å². The van der Waals surface area contributed by atoms with Crippen molar-refractivity contribution in [3.63, 3.8) is 0 Å². The van der Waals surface area contributed by atoms with E-state index in [1.807, 2.05) is 158 Å². The summed E-state index contributed by atoms with van der Waals surface area (Å²) in [5, 5.41) is 2.23. The fourth-order valence-corrected chi connectivity index (χ4v) is 30.7. The summed E-state index contributed by atoms with van der Waals surface area (Å²) in [4.78, 5) is 2.16. The largest absolute Gasteiger partial charge is 0.309 e. The average Bonchev–Trinajstić information content (AvgIpc) is 3.10. The third-order valence-corrected chi connectivity index (χ3v) is 28.2. The van der Waals surface area contributed by atoms with Gasteiger partial charge in [-0.2, -0.15) is 0 Å². The Balaban J connectivity index is 1.71. The van der Waals surface area contributed by atoms with Gasteiger partial charge in [-0.3, -0.25) is 0 Å². The normalized spacial score (nSPS) is 12.0. The molecule has 6 rings (SSSR count). The molecule has 0 fully saturated rings. The maximum absolute atomic E-state index is 16.6. The molecule has 0 saturated carbocycles. The molecular formula is C37H32O2P3S2+. The topological polar surface area (TPSA) is 34.1 Å². The third kappa shape index (κ3) is 6.48. The van der Waals surface area contributed by atoms with Crippen molar-refractivity contribution >= 4 is 64.6 Å². The predicted molar refractivity (Wildman–Crippen MR) is 196 cm³/mol. The van der Waals surface area contributed by atoms with Crippen LogP contribution in [0.25, 0.3) is 0 Å². The summed E-state index contributed by atoms with van der Waals surface area (Å²) in [6, 6.07) is 59.6. The average molecular weight is 666 g/mol. The summed E-state index contributed by atoms with van der Waals surface area (Å²) in [5.41, 5.74) is 0. The van der Waals surface area contributed by atoms with Gasteiger partial charge in [0.25, 0.3) is 0 Å². The lowest BCUT2D eigenvalue weighted by Gasteiger charge is -2.34. The number of rotatable bonds is 11. The smallest absolute Gasteiger partial charge is 0.207 e. The third-order valence-electron chi connectivity index (χ3n) is 7.38. The van der Waals surface area contributed by atoms with E-state index in [2.05, 4.69) is 24.3 Å². The van der Waals surface area contributed by atoms with E-state index in [0.717, 1.165) is 31.0 Å². The summed E-state index contributed by atoms with van der Waals surface area (Å²) in [5.74, 6) is 0. The van der Waals surface area contributed by atoms with Gasteiger partial charge in [-0.1, -0.05) is 158 Å². The highest BCUT2D eigenvalue weighted by molar-refractivity contribution is 8.89. The van der Waals surface area contributed by atoms with E-state index < -0.39 is 25.8 Å². The van der Waals surface area contributed by atoms with Gasteiger partial charge in [0.1, 0.15) is 6.33 Å². The van der Waals surface area contributed by atoms with Crippen molar-refractivity contribution in [3.8, 4) is 0 Å². The van der Waals surface area contributed by atoms with Crippen LogP contribution in [0.5, 0.6) is 0 Å². The van der Waals surface area contributed by atoms with Crippen molar-refractivity contribution in [2.24, 2.45) is 0 Å². The van der Waals surface area contributed by atoms with Crippen LogP contribution in [0, 0.1) is 0 Å². The molecule has 0 atom stereocenters. The van der Waals surface area contributed by atoms with Crippen molar-refractivity contribution in [2.75, 3.05) is 0 Å². The molecule has 6 aromatic carbocycles. The van der Waals surface area contributed by atoms with Crippen molar-refractivity contribution in [1.82, 2.24) is 0 Å². The number of benzene rings is 6. The zero-order valence-electron chi connectivity index (χ0n) is 23.9. The summed E-state index contributed by atoms with van der Waals surface area (Å²) in [6.45, 7) is 0. The molecule has 0 amide bonds. The minimum absolute atomic E-state index is 0.690. The van der Waals surface area contributed by atoms with Crippen LogP contribution < -0.4 is 21.2 Å². The van der Waals surface area contributed by atoms with Crippen LogP contribution in [0.1, 0.15) is 0 Å². The van der Waals surface area contributed by atoms with Gasteiger partial charge in [0.2, 0.25) is 5.14 Å². The van der Waals surface area contributed by atoms with Gasteiger partial charge >= 0.3 is 0 Å². The van der Waals surface area contributed by atoms with Gasteiger partial charge in [-0.15, -0.1) is 0 Å². The molecule has 0 unspecified atom stereocenters. The quantitative estimate of drug-likeness (QED) is 0.129. The van der Waals surface area contributed by atoms with E-state index in [-0.39, 0.29) is 0 Å². The van der Waals surface area contributed by atoms with E-state index in [1.165, 1.54) is 0 Å². The summed E-state index contributed by atoms with van der Waals surface area (Å²) in [6.07, 6.45) is -1.88. The van der Waals surface area contributed by atoms with Crippen LogP contribution in [0.3, 0.4) is 0 Å². The molecule has 2 nitrogen and oxygen atoms in total. The highest BCUT2D eigenvalue weighted by Crippen LogP contribution is 2.85. The van der Waals surface area contributed by atoms with Crippen LogP contribution in [0.4, 0.5) is 0 Å². The molecule has 6 aromatic rings. The summed E-state index contributed by atoms with van der Waals surface area (Å²) in [7, 11) is -7.15. The lowest BCUT2D eigenvalue weighted by molar-refractivity contribution is 0.580. The Hall–Kier alpha value is -3.09. The molecule has 7 heteroatoms. The first kappa shape index (κ1) is 30.9. The zero-order chi connectivity index (χ0) is 30.2. The Morgan fingerprint density at radius 1 is 0.364 bits per heavy atom. The fraction of sp³-hybridized carbons (Fsp3) is 0.0270. The molecule has 0 heterocycles. The molecule has 0 radical (unpaired) electrons. The SMILES string of the molecule is O=P(c1ccccc1)(c1ccccc1)C([PH+](Sc1ccccc1)Sc1ccccc1)P(=O)(c1ccccc1)c1ccccc1. The first-order valence-electron chi connectivity index (χ1n) is 14.3. The Morgan fingerprint density at radius 2 is 0.591 bits per heavy atom. The molecule has 0 bridgehead atoms. The molecular weight excluding hydrogens is 633 g/mol. The second-order valence-corrected chi connectivity index (χ2v) is 24.5. The minimum atomic E-state index is -3.58. The lowest BCUT2D eigenvalue weighted by Crippen LogP contribution is -2.31. The van der Waals surface area contributed by atoms with Gasteiger partial charge in [0.05, 0.1) is 22.8 Å². The van der Waals surface area contributed by atoms with E-state index in [4.69, 9.17) is 0 Å². The maximum atomic E-state index is 16.6. The van der Waals surface area contributed by atoms with E-state index in [9.17, 15) is 0 Å². The molecule has 0 N–H and O–H groups in total.